The van der Waals surface area contributed by atoms with Crippen LogP contribution in [-0.2, 0) is 6.42 Å². The number of carbonyl (C=O) groups is 1. The van der Waals surface area contributed by atoms with Crippen LogP contribution in [0.2, 0.25) is 0 Å². The molecule has 0 aliphatic carbocycles. The monoisotopic (exact) mass is 429 g/mol. The van der Waals surface area contributed by atoms with E-state index in [0.29, 0.717) is 12.1 Å². The Kier molecular flexibility index (Phi) is 5.00. The number of fused-ring (bicyclic) bond motifs is 1. The molecule has 2 heterocycles. The van der Waals surface area contributed by atoms with Gasteiger partial charge in [0.1, 0.15) is 5.82 Å². The molecule has 1 aliphatic rings. The number of anilines is 3. The lowest BCUT2D eigenvalue weighted by atomic mass is 10.1. The fourth-order valence-corrected chi connectivity index (χ4v) is 4.76. The summed E-state index contributed by atoms with van der Waals surface area (Å²) >= 11 is 1.62. The van der Waals surface area contributed by atoms with E-state index in [0.717, 1.165) is 44.6 Å². The minimum Gasteiger partial charge on any atom is -0.332 e. The minimum atomic E-state index is -0.403. The van der Waals surface area contributed by atoms with Crippen molar-refractivity contribution >= 4 is 33.8 Å². The molecule has 0 fully saturated rings. The van der Waals surface area contributed by atoms with Gasteiger partial charge in [-0.15, -0.1) is 11.3 Å². The third-order valence-electron chi connectivity index (χ3n) is 5.39. The normalized spacial score (nSPS) is 12.6. The second-order valence-electron chi connectivity index (χ2n) is 7.48. The summed E-state index contributed by atoms with van der Waals surface area (Å²) in [5, 5.41) is 4.20. The molecule has 0 radical (unpaired) electrons. The van der Waals surface area contributed by atoms with Crippen LogP contribution in [0.1, 0.15) is 20.8 Å². The standard InChI is InChI=1S/C25H20FN3OS/c1-16-23(28-25(31-16)27-21-8-3-2-4-9-21)18-10-11-22-17(14-18)12-13-29(22)24(30)19-6-5-7-20(26)15-19/h2-11,14-15H,12-13H2,1H3,(H,27,28). The number of hydrogen-bond donors (Lipinski definition) is 1. The second-order valence-corrected chi connectivity index (χ2v) is 8.68. The average molecular weight is 430 g/mol. The molecule has 0 saturated carbocycles. The molecule has 154 valence electrons. The lowest BCUT2D eigenvalue weighted by molar-refractivity contribution is 0.0989. The molecule has 1 aromatic heterocycles. The molecular weight excluding hydrogens is 409 g/mol. The molecule has 0 spiro atoms. The maximum absolute atomic E-state index is 13.5. The van der Waals surface area contributed by atoms with Gasteiger partial charge in [-0.1, -0.05) is 30.3 Å². The van der Waals surface area contributed by atoms with Gasteiger partial charge in [0.15, 0.2) is 5.13 Å². The van der Waals surface area contributed by atoms with Gasteiger partial charge >= 0.3 is 0 Å². The zero-order valence-corrected chi connectivity index (χ0v) is 17.7. The van der Waals surface area contributed by atoms with Crippen LogP contribution >= 0.6 is 11.3 Å². The Morgan fingerprint density at radius 1 is 1.06 bits per heavy atom. The number of nitrogens with zero attached hydrogens (tertiary/aromatic N) is 2. The van der Waals surface area contributed by atoms with Gasteiger partial charge in [-0.05, 0) is 61.4 Å². The maximum atomic E-state index is 13.5. The maximum Gasteiger partial charge on any atom is 0.258 e. The molecule has 6 heteroatoms. The molecule has 3 aromatic carbocycles. The van der Waals surface area contributed by atoms with E-state index in [2.05, 4.69) is 18.3 Å². The number of halogens is 1. The first kappa shape index (κ1) is 19.5. The zero-order valence-electron chi connectivity index (χ0n) is 16.9. The number of nitrogens with one attached hydrogen (secondary N) is 1. The van der Waals surface area contributed by atoms with Gasteiger partial charge in [-0.25, -0.2) is 9.37 Å². The number of aryl methyl sites for hydroxylation is 1. The van der Waals surface area contributed by atoms with Crippen LogP contribution in [0.15, 0.2) is 72.8 Å². The molecular formula is C25H20FN3OS. The van der Waals surface area contributed by atoms with Gasteiger partial charge in [0.25, 0.3) is 5.91 Å². The summed E-state index contributed by atoms with van der Waals surface area (Å²) in [6.07, 6.45) is 0.766. The van der Waals surface area contributed by atoms with Gasteiger partial charge in [-0.3, -0.25) is 4.79 Å². The van der Waals surface area contributed by atoms with Crippen molar-refractivity contribution in [1.29, 1.82) is 0 Å². The van der Waals surface area contributed by atoms with Crippen molar-refractivity contribution in [3.05, 3.63) is 94.6 Å². The highest BCUT2D eigenvalue weighted by Crippen LogP contribution is 2.36. The quantitative estimate of drug-likeness (QED) is 0.420. The van der Waals surface area contributed by atoms with Gasteiger partial charge in [-0.2, -0.15) is 0 Å². The first-order valence-corrected chi connectivity index (χ1v) is 10.9. The number of rotatable bonds is 4. The summed E-state index contributed by atoms with van der Waals surface area (Å²) in [5.41, 5.74) is 5.34. The van der Waals surface area contributed by atoms with Crippen molar-refractivity contribution < 1.29 is 9.18 Å². The largest absolute Gasteiger partial charge is 0.332 e. The highest BCUT2D eigenvalue weighted by Gasteiger charge is 2.26. The van der Waals surface area contributed by atoms with Crippen LogP contribution in [-0.4, -0.2) is 17.4 Å². The molecule has 31 heavy (non-hydrogen) atoms. The van der Waals surface area contributed by atoms with E-state index in [-0.39, 0.29) is 5.91 Å². The number of carbonyl (C=O) groups excluding carboxylic acids is 1. The molecule has 0 unspecified atom stereocenters. The summed E-state index contributed by atoms with van der Waals surface area (Å²) < 4.78 is 13.5. The van der Waals surface area contributed by atoms with Crippen LogP contribution in [0.3, 0.4) is 0 Å². The molecule has 1 N–H and O–H groups in total. The lowest BCUT2D eigenvalue weighted by Crippen LogP contribution is -2.28. The van der Waals surface area contributed by atoms with Crippen molar-refractivity contribution in [2.75, 3.05) is 16.8 Å². The van der Waals surface area contributed by atoms with Gasteiger partial charge in [0.05, 0.1) is 5.69 Å². The third-order valence-corrected chi connectivity index (χ3v) is 6.27. The van der Waals surface area contributed by atoms with Crippen LogP contribution < -0.4 is 10.2 Å². The van der Waals surface area contributed by atoms with E-state index in [1.165, 1.54) is 12.1 Å². The molecule has 0 saturated heterocycles. The van der Waals surface area contributed by atoms with E-state index in [4.69, 9.17) is 4.98 Å². The van der Waals surface area contributed by atoms with Crippen LogP contribution in [0, 0.1) is 12.7 Å². The summed E-state index contributed by atoms with van der Waals surface area (Å²) in [7, 11) is 0. The predicted octanol–water partition coefficient (Wildman–Crippen LogP) is 6.20. The van der Waals surface area contributed by atoms with Crippen molar-refractivity contribution in [1.82, 2.24) is 4.98 Å². The Hall–Kier alpha value is -3.51. The summed E-state index contributed by atoms with van der Waals surface area (Å²) in [5.74, 6) is -0.579. The van der Waals surface area contributed by atoms with Gasteiger partial charge in [0, 0.05) is 33.9 Å². The van der Waals surface area contributed by atoms with Crippen LogP contribution in [0.25, 0.3) is 11.3 Å². The number of benzene rings is 3. The van der Waals surface area contributed by atoms with E-state index >= 15 is 0 Å². The van der Waals surface area contributed by atoms with Gasteiger partial charge < -0.3 is 10.2 Å². The number of hydrogen-bond acceptors (Lipinski definition) is 4. The number of amides is 1. The minimum absolute atomic E-state index is 0.176. The molecule has 4 aromatic rings. The Balaban J connectivity index is 1.41. The first-order chi connectivity index (χ1) is 15.1. The summed E-state index contributed by atoms with van der Waals surface area (Å²) in [6.45, 7) is 2.65. The second kappa shape index (κ2) is 7.96. The summed E-state index contributed by atoms with van der Waals surface area (Å²) in [6, 6.07) is 21.9. The van der Waals surface area contributed by atoms with Gasteiger partial charge in [0.2, 0.25) is 0 Å². The fourth-order valence-electron chi connectivity index (χ4n) is 3.90. The van der Waals surface area contributed by atoms with Crippen molar-refractivity contribution in [2.45, 2.75) is 13.3 Å². The molecule has 1 amide bonds. The van der Waals surface area contributed by atoms with Crippen LogP contribution in [0.4, 0.5) is 20.9 Å². The number of thiazole rings is 1. The molecule has 5 rings (SSSR count). The van der Waals surface area contributed by atoms with E-state index in [1.807, 2.05) is 42.5 Å². The average Bonchev–Trinajstić information content (AvgIpc) is 3.36. The predicted molar refractivity (Wildman–Crippen MR) is 124 cm³/mol. The van der Waals surface area contributed by atoms with E-state index in [1.54, 1.807) is 28.4 Å². The Morgan fingerprint density at radius 3 is 2.71 bits per heavy atom. The Labute approximate surface area is 184 Å². The van der Waals surface area contributed by atoms with E-state index in [9.17, 15) is 9.18 Å². The fraction of sp³-hybridized carbons (Fsp3) is 0.120. The highest BCUT2D eigenvalue weighted by atomic mass is 32.1. The summed E-state index contributed by atoms with van der Waals surface area (Å²) in [4.78, 5) is 20.5. The highest BCUT2D eigenvalue weighted by molar-refractivity contribution is 7.16. The molecule has 1 aliphatic heterocycles. The molecule has 0 atom stereocenters. The van der Waals surface area contributed by atoms with E-state index < -0.39 is 5.82 Å². The lowest BCUT2D eigenvalue weighted by Gasteiger charge is -2.17. The van der Waals surface area contributed by atoms with Crippen LogP contribution in [0.5, 0.6) is 0 Å². The molecule has 4 nitrogen and oxygen atoms in total. The smallest absolute Gasteiger partial charge is 0.258 e. The number of para-hydroxylation sites is 1. The Morgan fingerprint density at radius 2 is 1.90 bits per heavy atom. The van der Waals surface area contributed by atoms with Crippen molar-refractivity contribution in [2.24, 2.45) is 0 Å². The third kappa shape index (κ3) is 3.82. The number of aromatic nitrogens is 1. The first-order valence-electron chi connectivity index (χ1n) is 10.1. The van der Waals surface area contributed by atoms with Crippen molar-refractivity contribution in [3.8, 4) is 11.3 Å². The Bertz CT molecular complexity index is 1270. The molecule has 0 bridgehead atoms. The van der Waals surface area contributed by atoms with Crippen molar-refractivity contribution in [3.63, 3.8) is 0 Å². The SMILES string of the molecule is Cc1sc(Nc2ccccc2)nc1-c1ccc2c(c1)CCN2C(=O)c1cccc(F)c1. The topological polar surface area (TPSA) is 45.2 Å². The zero-order chi connectivity index (χ0) is 21.4.